The van der Waals surface area contributed by atoms with E-state index in [9.17, 15) is 4.79 Å². The van der Waals surface area contributed by atoms with Crippen molar-refractivity contribution in [2.75, 3.05) is 19.9 Å². The van der Waals surface area contributed by atoms with E-state index in [0.717, 1.165) is 34.2 Å². The van der Waals surface area contributed by atoms with Gasteiger partial charge in [-0.05, 0) is 59.8 Å². The molecule has 0 bridgehead atoms. The van der Waals surface area contributed by atoms with Gasteiger partial charge in [-0.25, -0.2) is 4.99 Å². The Morgan fingerprint density at radius 1 is 1.54 bits per heavy atom. The second-order valence-electron chi connectivity index (χ2n) is 7.05. The maximum absolute atomic E-state index is 13.5. The highest BCUT2D eigenvalue weighted by molar-refractivity contribution is 9.11. The van der Waals surface area contributed by atoms with E-state index < -0.39 is 11.0 Å². The molecule has 0 saturated heterocycles. The van der Waals surface area contributed by atoms with Gasteiger partial charge in [-0.2, -0.15) is 0 Å². The third-order valence-electron chi connectivity index (χ3n) is 5.45. The SMILES string of the molecule is COc1ccc2c(c1)CCC21C(=O)N(C)C(N)=N[C@]1(C)CS/C=C(\C)Br. The zero-order chi connectivity index (χ0) is 19.1. The Morgan fingerprint density at radius 2 is 2.27 bits per heavy atom. The van der Waals surface area contributed by atoms with Crippen LogP contribution in [0.15, 0.2) is 33.1 Å². The Bertz CT molecular complexity index is 806. The summed E-state index contributed by atoms with van der Waals surface area (Å²) in [4.78, 5) is 19.8. The molecule has 1 aromatic rings. The van der Waals surface area contributed by atoms with Crippen LogP contribution in [0.5, 0.6) is 5.75 Å². The summed E-state index contributed by atoms with van der Waals surface area (Å²) in [6.45, 7) is 4.04. The summed E-state index contributed by atoms with van der Waals surface area (Å²) in [7, 11) is 3.37. The van der Waals surface area contributed by atoms with Crippen LogP contribution in [0.25, 0.3) is 0 Å². The average Bonchev–Trinajstić information content (AvgIpc) is 2.98. The van der Waals surface area contributed by atoms with Crippen molar-refractivity contribution < 1.29 is 9.53 Å². The van der Waals surface area contributed by atoms with Gasteiger partial charge < -0.3 is 10.5 Å². The van der Waals surface area contributed by atoms with Crippen LogP contribution >= 0.6 is 27.7 Å². The molecule has 1 unspecified atom stereocenters. The van der Waals surface area contributed by atoms with E-state index in [1.165, 1.54) is 4.90 Å². The number of methoxy groups -OCH3 is 1. The van der Waals surface area contributed by atoms with Crippen LogP contribution in [-0.4, -0.2) is 42.2 Å². The Labute approximate surface area is 167 Å². The molecule has 140 valence electrons. The minimum Gasteiger partial charge on any atom is -0.497 e. The third kappa shape index (κ3) is 2.85. The number of benzene rings is 1. The van der Waals surface area contributed by atoms with E-state index in [4.69, 9.17) is 15.5 Å². The molecule has 5 nitrogen and oxygen atoms in total. The first kappa shape index (κ1) is 19.3. The highest BCUT2D eigenvalue weighted by atomic mass is 79.9. The molecule has 2 N–H and O–H groups in total. The Balaban J connectivity index is 2.14. The number of amides is 1. The molecule has 2 aliphatic rings. The molecule has 0 aromatic heterocycles. The zero-order valence-corrected chi connectivity index (χ0v) is 17.9. The van der Waals surface area contributed by atoms with Gasteiger partial charge in [0.05, 0.1) is 12.6 Å². The fraction of sp³-hybridized carbons (Fsp3) is 0.474. The van der Waals surface area contributed by atoms with Crippen molar-refractivity contribution in [3.63, 3.8) is 0 Å². The molecule has 2 atom stereocenters. The second-order valence-corrected chi connectivity index (χ2v) is 9.16. The number of carbonyl (C=O) groups excluding carboxylic acids is 1. The van der Waals surface area contributed by atoms with Gasteiger partial charge in [0.25, 0.3) is 0 Å². The lowest BCUT2D eigenvalue weighted by molar-refractivity contribution is -0.136. The summed E-state index contributed by atoms with van der Waals surface area (Å²) in [5, 5.41) is 2.04. The first-order valence-electron chi connectivity index (χ1n) is 8.50. The van der Waals surface area contributed by atoms with E-state index in [1.54, 1.807) is 25.9 Å². The zero-order valence-electron chi connectivity index (χ0n) is 15.5. The molecule has 1 spiro atoms. The number of ether oxygens (including phenoxy) is 1. The van der Waals surface area contributed by atoms with Crippen molar-refractivity contribution in [3.05, 3.63) is 39.2 Å². The van der Waals surface area contributed by atoms with Crippen LogP contribution in [0.3, 0.4) is 0 Å². The fourth-order valence-electron chi connectivity index (χ4n) is 4.08. The maximum atomic E-state index is 13.5. The molecule has 26 heavy (non-hydrogen) atoms. The molecule has 0 saturated carbocycles. The van der Waals surface area contributed by atoms with E-state index in [0.29, 0.717) is 5.75 Å². The van der Waals surface area contributed by atoms with Crippen molar-refractivity contribution in [1.29, 1.82) is 0 Å². The van der Waals surface area contributed by atoms with Crippen molar-refractivity contribution in [1.82, 2.24) is 4.90 Å². The molecule has 1 aliphatic carbocycles. The highest BCUT2D eigenvalue weighted by Gasteiger charge is 2.61. The summed E-state index contributed by atoms with van der Waals surface area (Å²) < 4.78 is 6.41. The number of fused-ring (bicyclic) bond motifs is 2. The predicted molar refractivity (Wildman–Crippen MR) is 111 cm³/mol. The normalized spacial score (nSPS) is 28.3. The monoisotopic (exact) mass is 437 g/mol. The predicted octanol–water partition coefficient (Wildman–Crippen LogP) is 3.41. The first-order chi connectivity index (χ1) is 12.2. The lowest BCUT2D eigenvalue weighted by Gasteiger charge is -2.48. The number of nitrogens with two attached hydrogens (primary N) is 1. The second kappa shape index (κ2) is 6.93. The van der Waals surface area contributed by atoms with Crippen molar-refractivity contribution in [3.8, 4) is 5.75 Å². The van der Waals surface area contributed by atoms with E-state index in [2.05, 4.69) is 22.9 Å². The van der Waals surface area contributed by atoms with E-state index in [-0.39, 0.29) is 11.9 Å². The quantitative estimate of drug-likeness (QED) is 0.783. The summed E-state index contributed by atoms with van der Waals surface area (Å²) in [6, 6.07) is 5.99. The van der Waals surface area contributed by atoms with E-state index in [1.807, 2.05) is 30.5 Å². The van der Waals surface area contributed by atoms with Crippen molar-refractivity contribution in [2.24, 2.45) is 10.7 Å². The van der Waals surface area contributed by atoms with Gasteiger partial charge in [-0.3, -0.25) is 9.69 Å². The van der Waals surface area contributed by atoms with Gasteiger partial charge in [0.1, 0.15) is 11.2 Å². The molecule has 3 rings (SSSR count). The van der Waals surface area contributed by atoms with Gasteiger partial charge in [-0.1, -0.05) is 22.0 Å². The Kier molecular flexibility index (Phi) is 5.14. The van der Waals surface area contributed by atoms with Gasteiger partial charge in [0.15, 0.2) is 5.96 Å². The topological polar surface area (TPSA) is 67.9 Å². The third-order valence-corrected chi connectivity index (χ3v) is 7.23. The van der Waals surface area contributed by atoms with Crippen molar-refractivity contribution in [2.45, 2.75) is 37.6 Å². The molecular formula is C19H24BrN3O2S. The number of aryl methyl sites for hydroxylation is 1. The summed E-state index contributed by atoms with van der Waals surface area (Å²) >= 11 is 5.11. The minimum absolute atomic E-state index is 0.0246. The number of aliphatic imine (C=N–C) groups is 1. The summed E-state index contributed by atoms with van der Waals surface area (Å²) in [6.07, 6.45) is 1.55. The molecule has 1 amide bonds. The van der Waals surface area contributed by atoms with Gasteiger partial charge in [-0.15, -0.1) is 11.8 Å². The highest BCUT2D eigenvalue weighted by Crippen LogP contribution is 2.52. The number of carbonyl (C=O) groups is 1. The van der Waals surface area contributed by atoms with Crippen LogP contribution < -0.4 is 10.5 Å². The number of hydrogen-bond acceptors (Lipinski definition) is 5. The Hall–Kier alpha value is -1.47. The molecule has 0 radical (unpaired) electrons. The van der Waals surface area contributed by atoms with Crippen molar-refractivity contribution >= 4 is 39.6 Å². The number of hydrogen-bond donors (Lipinski definition) is 1. The lowest BCUT2D eigenvalue weighted by atomic mass is 9.65. The van der Waals surface area contributed by atoms with Gasteiger partial charge in [0.2, 0.25) is 5.91 Å². The number of likely N-dealkylation sites (N-methyl/N-ethyl adjacent to an activating group) is 1. The largest absolute Gasteiger partial charge is 0.497 e. The average molecular weight is 438 g/mol. The van der Waals surface area contributed by atoms with Crippen LogP contribution in [0, 0.1) is 0 Å². The first-order valence-corrected chi connectivity index (χ1v) is 10.3. The molecule has 1 aliphatic heterocycles. The van der Waals surface area contributed by atoms with Crippen LogP contribution in [-0.2, 0) is 16.6 Å². The number of halogens is 1. The number of rotatable bonds is 4. The summed E-state index contributed by atoms with van der Waals surface area (Å²) in [5.41, 5.74) is 6.98. The van der Waals surface area contributed by atoms with Crippen LogP contribution in [0.4, 0.5) is 0 Å². The number of allylic oxidation sites excluding steroid dienone is 1. The standard InChI is InChI=1S/C19H24BrN3O2S/c1-12(20)10-26-11-18(2)19(16(24)23(3)17(21)22-18)8-7-13-9-14(25-4)5-6-15(13)19/h5-6,9-10H,7-8,11H2,1-4H3,(H2,21,22)/b12-10+/t18-,19?/m1/s1. The Morgan fingerprint density at radius 3 is 2.92 bits per heavy atom. The van der Waals surface area contributed by atoms with Gasteiger partial charge >= 0.3 is 0 Å². The molecule has 1 aromatic carbocycles. The number of nitrogens with zero attached hydrogens (tertiary/aromatic N) is 2. The lowest BCUT2D eigenvalue weighted by Crippen LogP contribution is -2.64. The maximum Gasteiger partial charge on any atom is 0.242 e. The fourth-order valence-corrected chi connectivity index (χ4v) is 5.42. The summed E-state index contributed by atoms with van der Waals surface area (Å²) in [5.74, 6) is 1.79. The smallest absolute Gasteiger partial charge is 0.242 e. The molecule has 1 heterocycles. The van der Waals surface area contributed by atoms with Gasteiger partial charge in [0, 0.05) is 12.8 Å². The number of thioether (sulfide) groups is 1. The molecule has 7 heteroatoms. The minimum atomic E-state index is -0.701. The molecule has 0 fully saturated rings. The van der Waals surface area contributed by atoms with E-state index >= 15 is 0 Å². The number of guanidine groups is 1. The molecular weight excluding hydrogens is 414 g/mol. The van der Waals surface area contributed by atoms with Crippen LogP contribution in [0.2, 0.25) is 0 Å². The van der Waals surface area contributed by atoms with Crippen LogP contribution in [0.1, 0.15) is 31.4 Å².